The van der Waals surface area contributed by atoms with Gasteiger partial charge in [0.2, 0.25) is 0 Å². The Balaban J connectivity index is 2.46. The first-order chi connectivity index (χ1) is 5.54. The van der Waals surface area contributed by atoms with E-state index in [0.29, 0.717) is 6.61 Å². The Hall–Kier alpha value is -0.0551. The summed E-state index contributed by atoms with van der Waals surface area (Å²) in [6, 6.07) is 0. The summed E-state index contributed by atoms with van der Waals surface area (Å²) in [6.45, 7) is 6.98. The fourth-order valence-corrected chi connectivity index (χ4v) is 1.18. The summed E-state index contributed by atoms with van der Waals surface area (Å²) < 4.78 is 11.0. The van der Waals surface area contributed by atoms with Gasteiger partial charge in [0.25, 0.3) is 0 Å². The van der Waals surface area contributed by atoms with Gasteiger partial charge in [-0.2, -0.15) is 0 Å². The van der Waals surface area contributed by atoms with Crippen LogP contribution < -0.4 is 0 Å². The molecule has 0 aromatic heterocycles. The Kier molecular flexibility index (Phi) is 3.15. The van der Waals surface area contributed by atoms with Crippen LogP contribution in [0.4, 0.5) is 0 Å². The second-order valence-electron chi connectivity index (χ2n) is 4.30. The van der Waals surface area contributed by atoms with Crippen molar-refractivity contribution in [2.24, 2.45) is 0 Å². The van der Waals surface area contributed by atoms with E-state index in [-0.39, 0.29) is 25.1 Å². The molecule has 1 heterocycles. The van der Waals surface area contributed by atoms with Crippen LogP contribution in [0.5, 0.6) is 0 Å². The van der Waals surface area contributed by atoms with E-state index < -0.39 is 0 Å². The summed E-state index contributed by atoms with van der Waals surface area (Å²) in [5.74, 6) is 0. The van der Waals surface area contributed by atoms with Crippen molar-refractivity contribution in [2.45, 2.75) is 38.6 Å². The van der Waals surface area contributed by atoms with Gasteiger partial charge >= 0.3 is 7.12 Å². The molecular formula is C8H17BO3. The molecule has 0 aromatic carbocycles. The summed E-state index contributed by atoms with van der Waals surface area (Å²) in [5.41, 5.74) is 0. The highest BCUT2D eigenvalue weighted by molar-refractivity contribution is 6.48. The third kappa shape index (κ3) is 2.47. The molecule has 0 amide bonds. The first-order valence-electron chi connectivity index (χ1n) is 4.42. The molecule has 1 unspecified atom stereocenters. The van der Waals surface area contributed by atoms with Crippen molar-refractivity contribution in [3.8, 4) is 0 Å². The molecule has 1 aliphatic heterocycles. The Morgan fingerprint density at radius 2 is 2.17 bits per heavy atom. The van der Waals surface area contributed by atoms with Gasteiger partial charge in [-0.3, -0.25) is 0 Å². The number of rotatable bonds is 1. The summed E-state index contributed by atoms with van der Waals surface area (Å²) in [4.78, 5) is 0. The maximum atomic E-state index is 8.89. The standard InChI is InChI=1S/C8H17BO3/c1-8(2,3)9-11-5-4-7(6-10)12-9/h7,10H,4-6H2,1-3H3. The summed E-state index contributed by atoms with van der Waals surface area (Å²) in [7, 11) is -0.177. The minimum absolute atomic E-state index is 0.00611. The molecule has 3 nitrogen and oxygen atoms in total. The Morgan fingerprint density at radius 1 is 1.50 bits per heavy atom. The zero-order valence-electron chi connectivity index (χ0n) is 8.04. The van der Waals surface area contributed by atoms with Crippen LogP contribution in [-0.4, -0.2) is 31.5 Å². The molecule has 0 spiro atoms. The number of aliphatic hydroxyl groups excluding tert-OH is 1. The molecule has 1 atom stereocenters. The molecule has 0 bridgehead atoms. The van der Waals surface area contributed by atoms with E-state index in [1.165, 1.54) is 0 Å². The van der Waals surface area contributed by atoms with Gasteiger partial charge < -0.3 is 14.4 Å². The second-order valence-corrected chi connectivity index (χ2v) is 4.30. The molecule has 1 N–H and O–H groups in total. The predicted molar refractivity (Wildman–Crippen MR) is 48.0 cm³/mol. The van der Waals surface area contributed by atoms with Crippen LogP contribution in [0.25, 0.3) is 0 Å². The van der Waals surface area contributed by atoms with Crippen LogP contribution in [0, 0.1) is 0 Å². The van der Waals surface area contributed by atoms with Crippen molar-refractivity contribution in [3.05, 3.63) is 0 Å². The highest BCUT2D eigenvalue weighted by Crippen LogP contribution is 2.31. The van der Waals surface area contributed by atoms with Gasteiger partial charge in [-0.15, -0.1) is 0 Å². The summed E-state index contributed by atoms with van der Waals surface area (Å²) in [6.07, 6.45) is 0.756. The lowest BCUT2D eigenvalue weighted by atomic mass is 9.60. The number of hydrogen-bond acceptors (Lipinski definition) is 3. The lowest BCUT2D eigenvalue weighted by molar-refractivity contribution is 0.0215. The van der Waals surface area contributed by atoms with Crippen LogP contribution in [-0.2, 0) is 9.31 Å². The predicted octanol–water partition coefficient (Wildman–Crippen LogP) is 1.07. The molecule has 12 heavy (non-hydrogen) atoms. The van der Waals surface area contributed by atoms with E-state index >= 15 is 0 Å². The normalized spacial score (nSPS) is 26.0. The fourth-order valence-electron chi connectivity index (χ4n) is 1.18. The molecule has 4 heteroatoms. The van der Waals surface area contributed by atoms with E-state index in [0.717, 1.165) is 6.42 Å². The van der Waals surface area contributed by atoms with Crippen LogP contribution >= 0.6 is 0 Å². The fraction of sp³-hybridized carbons (Fsp3) is 1.00. The lowest BCUT2D eigenvalue weighted by Gasteiger charge is -2.33. The third-order valence-corrected chi connectivity index (χ3v) is 1.94. The van der Waals surface area contributed by atoms with E-state index in [4.69, 9.17) is 14.4 Å². The number of aliphatic hydroxyl groups is 1. The van der Waals surface area contributed by atoms with Crippen molar-refractivity contribution in [2.75, 3.05) is 13.2 Å². The largest absolute Gasteiger partial charge is 0.462 e. The maximum absolute atomic E-state index is 8.89. The van der Waals surface area contributed by atoms with E-state index in [1.807, 2.05) is 0 Å². The van der Waals surface area contributed by atoms with E-state index in [9.17, 15) is 0 Å². The van der Waals surface area contributed by atoms with Crippen LogP contribution in [0.3, 0.4) is 0 Å². The van der Waals surface area contributed by atoms with Crippen LogP contribution in [0.1, 0.15) is 27.2 Å². The average Bonchev–Trinajstić information content (AvgIpc) is 2.03. The van der Waals surface area contributed by atoms with Crippen LogP contribution in [0.15, 0.2) is 0 Å². The molecule has 0 aromatic rings. The first-order valence-corrected chi connectivity index (χ1v) is 4.42. The van der Waals surface area contributed by atoms with Gasteiger partial charge in [-0.25, -0.2) is 0 Å². The highest BCUT2D eigenvalue weighted by Gasteiger charge is 2.38. The second kappa shape index (κ2) is 3.77. The van der Waals surface area contributed by atoms with Crippen LogP contribution in [0.2, 0.25) is 5.31 Å². The Labute approximate surface area is 74.2 Å². The van der Waals surface area contributed by atoms with Crippen molar-refractivity contribution in [1.29, 1.82) is 0 Å². The molecule has 1 rings (SSSR count). The zero-order valence-corrected chi connectivity index (χ0v) is 8.04. The van der Waals surface area contributed by atoms with Gasteiger partial charge in [0.1, 0.15) is 0 Å². The zero-order chi connectivity index (χ0) is 9.19. The molecule has 1 aliphatic rings. The third-order valence-electron chi connectivity index (χ3n) is 1.94. The molecule has 0 aliphatic carbocycles. The highest BCUT2D eigenvalue weighted by atomic mass is 16.6. The van der Waals surface area contributed by atoms with Gasteiger partial charge in [0.15, 0.2) is 0 Å². The molecule has 1 saturated heterocycles. The Bertz CT molecular complexity index is 144. The van der Waals surface area contributed by atoms with Gasteiger partial charge in [-0.05, 0) is 11.7 Å². The number of hydrogen-bond donors (Lipinski definition) is 1. The summed E-state index contributed by atoms with van der Waals surface area (Å²) in [5, 5.41) is 8.89. The lowest BCUT2D eigenvalue weighted by Crippen LogP contribution is -2.43. The molecule has 1 fully saturated rings. The topological polar surface area (TPSA) is 38.7 Å². The van der Waals surface area contributed by atoms with Crippen molar-refractivity contribution in [3.63, 3.8) is 0 Å². The van der Waals surface area contributed by atoms with Crippen molar-refractivity contribution < 1.29 is 14.4 Å². The van der Waals surface area contributed by atoms with Gasteiger partial charge in [-0.1, -0.05) is 20.8 Å². The average molecular weight is 172 g/mol. The monoisotopic (exact) mass is 172 g/mol. The molecule has 0 saturated carbocycles. The molecule has 70 valence electrons. The minimum atomic E-state index is -0.177. The minimum Gasteiger partial charge on any atom is -0.411 e. The van der Waals surface area contributed by atoms with E-state index in [1.54, 1.807) is 0 Å². The first kappa shape index (κ1) is 10.0. The van der Waals surface area contributed by atoms with Gasteiger partial charge in [0.05, 0.1) is 12.7 Å². The molecular weight excluding hydrogens is 155 g/mol. The smallest absolute Gasteiger partial charge is 0.411 e. The van der Waals surface area contributed by atoms with Crippen molar-refractivity contribution in [1.82, 2.24) is 0 Å². The van der Waals surface area contributed by atoms with Crippen molar-refractivity contribution >= 4 is 7.12 Å². The SMILES string of the molecule is CC(C)(C)B1OCCC(CO)O1. The quantitative estimate of drug-likeness (QED) is 0.601. The Morgan fingerprint density at radius 3 is 2.67 bits per heavy atom. The van der Waals surface area contributed by atoms with E-state index in [2.05, 4.69) is 20.8 Å². The maximum Gasteiger partial charge on any atom is 0.462 e. The molecule has 0 radical (unpaired) electrons. The van der Waals surface area contributed by atoms with Gasteiger partial charge in [0, 0.05) is 6.61 Å². The summed E-state index contributed by atoms with van der Waals surface area (Å²) >= 11 is 0.